The second-order valence-corrected chi connectivity index (χ2v) is 7.81. The molecule has 2 amide bonds. The average molecular weight is 399 g/mol. The number of benzene rings is 1. The molecular weight excluding hydrogens is 373 g/mol. The van der Waals surface area contributed by atoms with Crippen LogP contribution in [0.3, 0.4) is 0 Å². The molecule has 2 aromatic rings. The third-order valence-corrected chi connectivity index (χ3v) is 5.76. The van der Waals surface area contributed by atoms with Crippen molar-refractivity contribution in [1.82, 2.24) is 25.0 Å². The molecule has 29 heavy (non-hydrogen) atoms. The van der Waals surface area contributed by atoms with Gasteiger partial charge in [0, 0.05) is 37.5 Å². The van der Waals surface area contributed by atoms with Crippen LogP contribution in [0.4, 0.5) is 4.39 Å². The summed E-state index contributed by atoms with van der Waals surface area (Å²) in [5, 5.41) is 11.4. The Morgan fingerprint density at radius 2 is 2.03 bits per heavy atom. The van der Waals surface area contributed by atoms with Crippen LogP contribution in [0.1, 0.15) is 60.0 Å². The molecule has 0 saturated carbocycles. The van der Waals surface area contributed by atoms with Crippen molar-refractivity contribution in [3.05, 3.63) is 47.3 Å². The van der Waals surface area contributed by atoms with Crippen molar-refractivity contribution >= 4 is 11.8 Å². The highest BCUT2D eigenvalue weighted by Crippen LogP contribution is 2.28. The van der Waals surface area contributed by atoms with Gasteiger partial charge in [0.2, 0.25) is 5.91 Å². The minimum absolute atomic E-state index is 0.0972. The summed E-state index contributed by atoms with van der Waals surface area (Å²) in [4.78, 5) is 26.6. The minimum atomic E-state index is -0.477. The summed E-state index contributed by atoms with van der Waals surface area (Å²) in [5.74, 6) is 1.16. The monoisotopic (exact) mass is 399 g/mol. The van der Waals surface area contributed by atoms with Gasteiger partial charge in [-0.3, -0.25) is 9.59 Å². The van der Waals surface area contributed by atoms with Crippen LogP contribution < -0.4 is 5.32 Å². The molecule has 0 spiro atoms. The van der Waals surface area contributed by atoms with Gasteiger partial charge in [-0.1, -0.05) is 12.5 Å². The number of carbonyl (C=O) groups is 2. The molecule has 1 saturated heterocycles. The summed E-state index contributed by atoms with van der Waals surface area (Å²) in [6, 6.07) is 5.44. The zero-order chi connectivity index (χ0) is 20.2. The van der Waals surface area contributed by atoms with Crippen molar-refractivity contribution in [2.75, 3.05) is 19.6 Å². The quantitative estimate of drug-likeness (QED) is 0.855. The summed E-state index contributed by atoms with van der Waals surface area (Å²) >= 11 is 0. The van der Waals surface area contributed by atoms with Crippen LogP contribution in [0.5, 0.6) is 0 Å². The molecule has 1 aromatic heterocycles. The van der Waals surface area contributed by atoms with Gasteiger partial charge in [-0.2, -0.15) is 0 Å². The van der Waals surface area contributed by atoms with Crippen molar-refractivity contribution in [1.29, 1.82) is 0 Å². The maximum Gasteiger partial charge on any atom is 0.251 e. The van der Waals surface area contributed by atoms with Gasteiger partial charge >= 0.3 is 0 Å². The van der Waals surface area contributed by atoms with Crippen LogP contribution >= 0.6 is 0 Å². The SMILES string of the molecule is O=C(NCC(=O)N1CCCC(c2nnc3n2CCCCC3)C1)c1cccc(F)c1. The molecule has 1 aromatic carbocycles. The van der Waals surface area contributed by atoms with E-state index in [4.69, 9.17) is 0 Å². The largest absolute Gasteiger partial charge is 0.343 e. The number of aryl methyl sites for hydroxylation is 1. The van der Waals surface area contributed by atoms with Crippen LogP contribution in [-0.4, -0.2) is 51.1 Å². The fourth-order valence-electron chi connectivity index (χ4n) is 4.22. The minimum Gasteiger partial charge on any atom is -0.343 e. The van der Waals surface area contributed by atoms with Crippen molar-refractivity contribution < 1.29 is 14.0 Å². The van der Waals surface area contributed by atoms with E-state index >= 15 is 0 Å². The Labute approximate surface area is 169 Å². The molecular formula is C21H26FN5O2. The first-order chi connectivity index (χ1) is 14.1. The molecule has 3 heterocycles. The van der Waals surface area contributed by atoms with Gasteiger partial charge in [-0.15, -0.1) is 10.2 Å². The standard InChI is InChI=1S/C21H26FN5O2/c22-17-8-4-6-15(12-17)21(29)23-13-19(28)26-10-5-7-16(14-26)20-25-24-18-9-2-1-3-11-27(18)20/h4,6,8,12,16H,1-3,5,7,9-11,13-14H2,(H,23,29). The maximum absolute atomic E-state index is 13.3. The number of rotatable bonds is 4. The Morgan fingerprint density at radius 1 is 1.14 bits per heavy atom. The fraction of sp³-hybridized carbons (Fsp3) is 0.524. The highest BCUT2D eigenvalue weighted by molar-refractivity contribution is 5.96. The predicted molar refractivity (Wildman–Crippen MR) is 105 cm³/mol. The van der Waals surface area contributed by atoms with E-state index in [9.17, 15) is 14.0 Å². The number of piperidine rings is 1. The number of hydrogen-bond donors (Lipinski definition) is 1. The maximum atomic E-state index is 13.3. The van der Waals surface area contributed by atoms with Crippen LogP contribution in [0.2, 0.25) is 0 Å². The highest BCUT2D eigenvalue weighted by Gasteiger charge is 2.29. The van der Waals surface area contributed by atoms with Gasteiger partial charge in [0.25, 0.3) is 5.91 Å². The second-order valence-electron chi connectivity index (χ2n) is 7.81. The molecule has 1 N–H and O–H groups in total. The van der Waals surface area contributed by atoms with E-state index in [1.165, 1.54) is 24.6 Å². The molecule has 0 bridgehead atoms. The number of likely N-dealkylation sites (tertiary alicyclic amines) is 1. The number of halogens is 1. The van der Waals surface area contributed by atoms with Gasteiger partial charge in [0.05, 0.1) is 6.54 Å². The van der Waals surface area contributed by atoms with Gasteiger partial charge in [0.15, 0.2) is 0 Å². The molecule has 1 fully saturated rings. The Bertz CT molecular complexity index is 897. The smallest absolute Gasteiger partial charge is 0.251 e. The van der Waals surface area contributed by atoms with Crippen molar-refractivity contribution in [2.24, 2.45) is 0 Å². The van der Waals surface area contributed by atoms with Crippen molar-refractivity contribution in [3.63, 3.8) is 0 Å². The van der Waals surface area contributed by atoms with Crippen LogP contribution in [-0.2, 0) is 17.8 Å². The predicted octanol–water partition coefficient (Wildman–Crippen LogP) is 2.28. The third kappa shape index (κ3) is 4.46. The lowest BCUT2D eigenvalue weighted by molar-refractivity contribution is -0.131. The number of carbonyl (C=O) groups excluding carboxylic acids is 2. The third-order valence-electron chi connectivity index (χ3n) is 5.76. The molecule has 0 radical (unpaired) electrons. The molecule has 1 unspecified atom stereocenters. The van der Waals surface area contributed by atoms with Crippen LogP contribution in [0.15, 0.2) is 24.3 Å². The van der Waals surface area contributed by atoms with E-state index in [0.717, 1.165) is 56.4 Å². The first-order valence-corrected chi connectivity index (χ1v) is 10.4. The van der Waals surface area contributed by atoms with Crippen molar-refractivity contribution in [3.8, 4) is 0 Å². The second kappa shape index (κ2) is 8.71. The Morgan fingerprint density at radius 3 is 2.90 bits per heavy atom. The average Bonchev–Trinajstić information content (AvgIpc) is 3.00. The summed E-state index contributed by atoms with van der Waals surface area (Å²) in [5.41, 5.74) is 0.209. The number of amides is 2. The fourth-order valence-corrected chi connectivity index (χ4v) is 4.22. The molecule has 2 aliphatic heterocycles. The Hall–Kier alpha value is -2.77. The topological polar surface area (TPSA) is 80.1 Å². The lowest BCUT2D eigenvalue weighted by atomic mass is 9.97. The molecule has 154 valence electrons. The van der Waals surface area contributed by atoms with Gasteiger partial charge in [0.1, 0.15) is 17.5 Å². The van der Waals surface area contributed by atoms with E-state index in [0.29, 0.717) is 13.1 Å². The Kier molecular flexibility index (Phi) is 5.87. The van der Waals surface area contributed by atoms with Gasteiger partial charge in [-0.25, -0.2) is 4.39 Å². The van der Waals surface area contributed by atoms with Gasteiger partial charge in [-0.05, 0) is 43.9 Å². The Balaban J connectivity index is 1.36. The van der Waals surface area contributed by atoms with Crippen molar-refractivity contribution in [2.45, 2.75) is 51.0 Å². The van der Waals surface area contributed by atoms with E-state index in [2.05, 4.69) is 20.1 Å². The van der Waals surface area contributed by atoms with E-state index in [1.54, 1.807) is 4.90 Å². The van der Waals surface area contributed by atoms with Crippen LogP contribution in [0, 0.1) is 5.82 Å². The van der Waals surface area contributed by atoms with E-state index in [1.807, 2.05) is 0 Å². The highest BCUT2D eigenvalue weighted by atomic mass is 19.1. The number of nitrogens with zero attached hydrogens (tertiary/aromatic N) is 4. The first kappa shape index (κ1) is 19.5. The number of fused-ring (bicyclic) bond motifs is 1. The number of aromatic nitrogens is 3. The molecule has 1 atom stereocenters. The molecule has 0 aliphatic carbocycles. The summed E-state index contributed by atoms with van der Waals surface area (Å²) < 4.78 is 15.5. The normalized spacial score (nSPS) is 19.3. The summed E-state index contributed by atoms with van der Waals surface area (Å²) in [6.45, 7) is 2.12. The van der Waals surface area contributed by atoms with E-state index < -0.39 is 11.7 Å². The lowest BCUT2D eigenvalue weighted by Gasteiger charge is -2.32. The molecule has 4 rings (SSSR count). The molecule has 2 aliphatic rings. The number of nitrogens with one attached hydrogen (secondary N) is 1. The molecule has 8 heteroatoms. The van der Waals surface area contributed by atoms with Gasteiger partial charge < -0.3 is 14.8 Å². The lowest BCUT2D eigenvalue weighted by Crippen LogP contribution is -2.45. The summed E-state index contributed by atoms with van der Waals surface area (Å²) in [6.07, 6.45) is 6.35. The van der Waals surface area contributed by atoms with E-state index in [-0.39, 0.29) is 23.9 Å². The summed E-state index contributed by atoms with van der Waals surface area (Å²) in [7, 11) is 0. The number of hydrogen-bond acceptors (Lipinski definition) is 4. The zero-order valence-corrected chi connectivity index (χ0v) is 16.4. The zero-order valence-electron chi connectivity index (χ0n) is 16.4. The van der Waals surface area contributed by atoms with Crippen LogP contribution in [0.25, 0.3) is 0 Å². The first-order valence-electron chi connectivity index (χ1n) is 10.4. The molecule has 7 nitrogen and oxygen atoms in total.